The number of benzene rings is 2. The number of anilines is 1. The Bertz CT molecular complexity index is 1450. The maximum absolute atomic E-state index is 13.0. The number of H-pyrrole nitrogens is 1. The fourth-order valence-corrected chi connectivity index (χ4v) is 6.04. The predicted octanol–water partition coefficient (Wildman–Crippen LogP) is 3.71. The number of imidazole rings is 1. The zero-order valence-electron chi connectivity index (χ0n) is 19.6. The SMILES string of the molecule is Cn1c(CCC(=O)Nc2cccc(-c3ccn[nH]3)c2)nc2cc(S(=O)(=O)N3CCCCC3)ccc21. The van der Waals surface area contributed by atoms with E-state index >= 15 is 0 Å². The minimum absolute atomic E-state index is 0.118. The van der Waals surface area contributed by atoms with Gasteiger partial charge in [-0.05, 0) is 49.2 Å². The largest absolute Gasteiger partial charge is 0.331 e. The van der Waals surface area contributed by atoms with E-state index in [4.69, 9.17) is 0 Å². The van der Waals surface area contributed by atoms with Crippen LogP contribution in [0.15, 0.2) is 59.6 Å². The molecule has 0 bridgehead atoms. The fraction of sp³-hybridized carbons (Fsp3) is 0.320. The third-order valence-electron chi connectivity index (χ3n) is 6.43. The van der Waals surface area contributed by atoms with Gasteiger partial charge in [0.05, 0.1) is 21.6 Å². The molecule has 0 saturated carbocycles. The second kappa shape index (κ2) is 9.63. The molecule has 0 atom stereocenters. The number of carbonyl (C=O) groups excluding carboxylic acids is 1. The Morgan fingerprint density at radius 2 is 1.91 bits per heavy atom. The monoisotopic (exact) mass is 492 g/mol. The number of fused-ring (bicyclic) bond motifs is 1. The average Bonchev–Trinajstić information content (AvgIpc) is 3.52. The highest BCUT2D eigenvalue weighted by molar-refractivity contribution is 7.89. The van der Waals surface area contributed by atoms with Crippen LogP contribution in [0.4, 0.5) is 5.69 Å². The molecule has 0 spiro atoms. The number of rotatable bonds is 7. The third-order valence-corrected chi connectivity index (χ3v) is 8.33. The topological polar surface area (TPSA) is 113 Å². The van der Waals surface area contributed by atoms with Crippen molar-refractivity contribution in [1.29, 1.82) is 0 Å². The summed E-state index contributed by atoms with van der Waals surface area (Å²) in [5, 5.41) is 9.82. The molecule has 2 aromatic heterocycles. The summed E-state index contributed by atoms with van der Waals surface area (Å²) in [6.45, 7) is 1.13. The summed E-state index contributed by atoms with van der Waals surface area (Å²) in [6.07, 6.45) is 5.23. The number of piperidine rings is 1. The Kier molecular flexibility index (Phi) is 6.40. The Labute approximate surface area is 204 Å². The number of nitrogens with one attached hydrogen (secondary N) is 2. The summed E-state index contributed by atoms with van der Waals surface area (Å²) in [4.78, 5) is 17.5. The van der Waals surface area contributed by atoms with Crippen LogP contribution in [0.2, 0.25) is 0 Å². The van der Waals surface area contributed by atoms with Crippen LogP contribution < -0.4 is 5.32 Å². The first-order valence-corrected chi connectivity index (χ1v) is 13.2. The fourth-order valence-electron chi connectivity index (χ4n) is 4.50. The zero-order chi connectivity index (χ0) is 24.4. The molecule has 9 nitrogen and oxygen atoms in total. The van der Waals surface area contributed by atoms with Gasteiger partial charge in [-0.2, -0.15) is 9.40 Å². The molecular weight excluding hydrogens is 464 g/mol. The Hall–Kier alpha value is -3.50. The lowest BCUT2D eigenvalue weighted by Crippen LogP contribution is -2.35. The molecule has 10 heteroatoms. The molecule has 1 fully saturated rings. The standard InChI is InChI=1S/C25H28N6O3S/c1-30-23-9-8-20(35(33,34)31-14-3-2-4-15-31)17-22(23)28-24(30)10-11-25(32)27-19-7-5-6-18(16-19)21-12-13-26-29-21/h5-9,12-13,16-17H,2-4,10-11,14-15H2,1H3,(H,26,29)(H,27,32). The number of nitrogens with zero attached hydrogens (tertiary/aromatic N) is 4. The molecule has 1 aliphatic rings. The molecule has 4 aromatic rings. The minimum Gasteiger partial charge on any atom is -0.331 e. The first-order chi connectivity index (χ1) is 16.9. The van der Waals surface area contributed by atoms with E-state index in [1.54, 1.807) is 28.7 Å². The molecule has 2 aromatic carbocycles. The summed E-state index contributed by atoms with van der Waals surface area (Å²) in [6, 6.07) is 14.5. The summed E-state index contributed by atoms with van der Waals surface area (Å²) in [5.74, 6) is 0.612. The molecule has 0 radical (unpaired) electrons. The lowest BCUT2D eigenvalue weighted by Gasteiger charge is -2.25. The molecule has 0 unspecified atom stereocenters. The van der Waals surface area contributed by atoms with Crippen LogP contribution in [0.1, 0.15) is 31.5 Å². The normalized spacial score (nSPS) is 14.9. The Morgan fingerprint density at radius 3 is 2.69 bits per heavy atom. The van der Waals surface area contributed by atoms with Gasteiger partial charge in [0.15, 0.2) is 0 Å². The number of hydrogen-bond acceptors (Lipinski definition) is 5. The van der Waals surface area contributed by atoms with Crippen molar-refractivity contribution in [3.63, 3.8) is 0 Å². The molecule has 2 N–H and O–H groups in total. The lowest BCUT2D eigenvalue weighted by atomic mass is 10.1. The average molecular weight is 493 g/mol. The lowest BCUT2D eigenvalue weighted by molar-refractivity contribution is -0.116. The minimum atomic E-state index is -3.52. The second-order valence-electron chi connectivity index (χ2n) is 8.80. The summed E-state index contributed by atoms with van der Waals surface area (Å²) >= 11 is 0. The van der Waals surface area contributed by atoms with E-state index < -0.39 is 10.0 Å². The number of carbonyl (C=O) groups is 1. The number of aromatic nitrogens is 4. The van der Waals surface area contributed by atoms with Crippen LogP contribution in [0.25, 0.3) is 22.3 Å². The number of amides is 1. The van der Waals surface area contributed by atoms with Gasteiger partial charge >= 0.3 is 0 Å². The van der Waals surface area contributed by atoms with E-state index in [0.717, 1.165) is 41.9 Å². The van der Waals surface area contributed by atoms with Gasteiger partial charge in [-0.1, -0.05) is 18.6 Å². The highest BCUT2D eigenvalue weighted by Crippen LogP contribution is 2.25. The van der Waals surface area contributed by atoms with Crippen LogP contribution in [0.3, 0.4) is 0 Å². The Morgan fingerprint density at radius 1 is 1.09 bits per heavy atom. The quantitative estimate of drug-likeness (QED) is 0.408. The molecule has 1 amide bonds. The second-order valence-corrected chi connectivity index (χ2v) is 10.7. The van der Waals surface area contributed by atoms with E-state index in [2.05, 4.69) is 20.5 Å². The number of sulfonamides is 1. The van der Waals surface area contributed by atoms with Crippen LogP contribution in [-0.2, 0) is 28.3 Å². The van der Waals surface area contributed by atoms with Gasteiger partial charge in [0.1, 0.15) is 5.82 Å². The van der Waals surface area contributed by atoms with Crippen molar-refractivity contribution in [2.24, 2.45) is 7.05 Å². The summed E-state index contributed by atoms with van der Waals surface area (Å²) in [7, 11) is -1.64. The van der Waals surface area contributed by atoms with Crippen molar-refractivity contribution in [2.75, 3.05) is 18.4 Å². The molecule has 5 rings (SSSR count). The highest BCUT2D eigenvalue weighted by Gasteiger charge is 2.26. The summed E-state index contributed by atoms with van der Waals surface area (Å²) < 4.78 is 29.6. The maximum Gasteiger partial charge on any atom is 0.243 e. The smallest absolute Gasteiger partial charge is 0.243 e. The molecule has 3 heterocycles. The van der Waals surface area contributed by atoms with Gasteiger partial charge in [0.2, 0.25) is 15.9 Å². The van der Waals surface area contributed by atoms with Crippen LogP contribution in [0, 0.1) is 0 Å². The van der Waals surface area contributed by atoms with Gasteiger partial charge in [0.25, 0.3) is 0 Å². The molecular formula is C25H28N6O3S. The third kappa shape index (κ3) is 4.85. The maximum atomic E-state index is 13.0. The van der Waals surface area contributed by atoms with E-state index in [9.17, 15) is 13.2 Å². The molecule has 182 valence electrons. The van der Waals surface area contributed by atoms with Crippen molar-refractivity contribution in [3.8, 4) is 11.3 Å². The van der Waals surface area contributed by atoms with Crippen molar-refractivity contribution < 1.29 is 13.2 Å². The molecule has 1 saturated heterocycles. The van der Waals surface area contributed by atoms with Crippen LogP contribution >= 0.6 is 0 Å². The van der Waals surface area contributed by atoms with E-state index in [1.807, 2.05) is 41.9 Å². The van der Waals surface area contributed by atoms with Crippen LogP contribution in [0.5, 0.6) is 0 Å². The number of aryl methyl sites for hydroxylation is 2. The number of aromatic amines is 1. The van der Waals surface area contributed by atoms with Crippen molar-refractivity contribution in [3.05, 3.63) is 60.6 Å². The Balaban J connectivity index is 1.28. The van der Waals surface area contributed by atoms with Crippen molar-refractivity contribution in [2.45, 2.75) is 37.0 Å². The van der Waals surface area contributed by atoms with Gasteiger partial charge < -0.3 is 9.88 Å². The van der Waals surface area contributed by atoms with Crippen molar-refractivity contribution in [1.82, 2.24) is 24.1 Å². The molecule has 35 heavy (non-hydrogen) atoms. The summed E-state index contributed by atoms with van der Waals surface area (Å²) in [5.41, 5.74) is 3.98. The molecule has 0 aliphatic carbocycles. The first-order valence-electron chi connectivity index (χ1n) is 11.8. The first kappa shape index (κ1) is 23.3. The number of hydrogen-bond donors (Lipinski definition) is 2. The van der Waals surface area contributed by atoms with E-state index in [-0.39, 0.29) is 17.2 Å². The van der Waals surface area contributed by atoms with Crippen molar-refractivity contribution >= 4 is 32.7 Å². The van der Waals surface area contributed by atoms with E-state index in [0.29, 0.717) is 30.7 Å². The van der Waals surface area contributed by atoms with Gasteiger partial charge in [-0.15, -0.1) is 0 Å². The van der Waals surface area contributed by atoms with Gasteiger partial charge in [-0.25, -0.2) is 13.4 Å². The van der Waals surface area contributed by atoms with Gasteiger partial charge in [-0.3, -0.25) is 9.89 Å². The highest BCUT2D eigenvalue weighted by atomic mass is 32.2. The van der Waals surface area contributed by atoms with E-state index in [1.165, 1.54) is 0 Å². The van der Waals surface area contributed by atoms with Gasteiger partial charge in [0, 0.05) is 50.4 Å². The van der Waals surface area contributed by atoms with Crippen LogP contribution in [-0.4, -0.2) is 51.5 Å². The zero-order valence-corrected chi connectivity index (χ0v) is 20.4. The molecule has 1 aliphatic heterocycles. The predicted molar refractivity (Wildman–Crippen MR) is 134 cm³/mol.